The van der Waals surface area contributed by atoms with E-state index in [1.807, 2.05) is 0 Å². The van der Waals surface area contributed by atoms with E-state index >= 15 is 0 Å². The van der Waals surface area contributed by atoms with Crippen molar-refractivity contribution < 1.29 is 19.2 Å². The van der Waals surface area contributed by atoms with Gasteiger partial charge in [-0.3, -0.25) is 14.9 Å². The van der Waals surface area contributed by atoms with Gasteiger partial charge in [0.05, 0.1) is 16.9 Å². The van der Waals surface area contributed by atoms with E-state index in [1.54, 1.807) is 36.4 Å². The van der Waals surface area contributed by atoms with Crippen LogP contribution in [-0.2, 0) is 11.4 Å². The molecular weight excluding hydrogens is 370 g/mol. The number of hydrogen-bond donors (Lipinski definition) is 1. The molecule has 0 aromatic heterocycles. The first-order valence-electron chi connectivity index (χ1n) is 7.78. The van der Waals surface area contributed by atoms with Crippen LogP contribution < -0.4 is 15.2 Å². The van der Waals surface area contributed by atoms with Gasteiger partial charge in [-0.05, 0) is 53.2 Å². The molecule has 9 heteroatoms. The summed E-state index contributed by atoms with van der Waals surface area (Å²) in [6.07, 6.45) is 1.68. The number of non-ortho nitro benzene ring substituents is 1. The zero-order valence-corrected chi connectivity index (χ0v) is 15.1. The van der Waals surface area contributed by atoms with E-state index in [4.69, 9.17) is 15.2 Å². The van der Waals surface area contributed by atoms with E-state index in [-0.39, 0.29) is 23.4 Å². The van der Waals surface area contributed by atoms with E-state index < -0.39 is 4.92 Å². The van der Waals surface area contributed by atoms with Gasteiger partial charge in [-0.2, -0.15) is 4.99 Å². The molecule has 8 nitrogen and oxygen atoms in total. The number of carbonyl (C=O) groups excluding carboxylic acids is 1. The Bertz CT molecular complexity index is 954. The molecule has 0 atom stereocenters. The second kappa shape index (κ2) is 7.92. The minimum absolute atomic E-state index is 0.0256. The quantitative estimate of drug-likeness (QED) is 0.461. The Kier molecular flexibility index (Phi) is 5.41. The summed E-state index contributed by atoms with van der Waals surface area (Å²) in [6.45, 7) is 0.230. The summed E-state index contributed by atoms with van der Waals surface area (Å²) in [7, 11) is 1.52. The summed E-state index contributed by atoms with van der Waals surface area (Å²) >= 11 is 1.12. The number of nitrogens with two attached hydrogens (primary N) is 1. The van der Waals surface area contributed by atoms with Crippen molar-refractivity contribution in [2.24, 2.45) is 10.7 Å². The van der Waals surface area contributed by atoms with Crippen LogP contribution in [0.4, 0.5) is 5.69 Å². The van der Waals surface area contributed by atoms with Gasteiger partial charge in [0.25, 0.3) is 11.6 Å². The third-order valence-electron chi connectivity index (χ3n) is 3.66. The van der Waals surface area contributed by atoms with Crippen molar-refractivity contribution in [2.45, 2.75) is 6.61 Å². The Labute approximate surface area is 158 Å². The number of hydrogen-bond acceptors (Lipinski definition) is 7. The largest absolute Gasteiger partial charge is 0.493 e. The predicted octanol–water partition coefficient (Wildman–Crippen LogP) is 3.11. The lowest BCUT2D eigenvalue weighted by Gasteiger charge is -2.11. The highest BCUT2D eigenvalue weighted by Gasteiger charge is 2.19. The molecule has 0 saturated carbocycles. The maximum absolute atomic E-state index is 11.7. The van der Waals surface area contributed by atoms with Crippen molar-refractivity contribution in [1.29, 1.82) is 0 Å². The maximum atomic E-state index is 11.7. The van der Waals surface area contributed by atoms with Crippen LogP contribution in [0.25, 0.3) is 6.08 Å². The molecule has 0 spiro atoms. The van der Waals surface area contributed by atoms with Crippen LogP contribution >= 0.6 is 11.8 Å². The first kappa shape index (κ1) is 18.5. The molecule has 1 heterocycles. The summed E-state index contributed by atoms with van der Waals surface area (Å²) in [5, 5.41) is 10.9. The van der Waals surface area contributed by atoms with Crippen LogP contribution in [0, 0.1) is 10.1 Å². The van der Waals surface area contributed by atoms with Gasteiger partial charge in [0.15, 0.2) is 16.7 Å². The van der Waals surface area contributed by atoms with Crippen LogP contribution in [0.5, 0.6) is 11.5 Å². The number of nitro benzene ring substituents is 1. The fraction of sp³-hybridized carbons (Fsp3) is 0.111. The van der Waals surface area contributed by atoms with E-state index in [0.717, 1.165) is 22.9 Å². The molecule has 138 valence electrons. The minimum Gasteiger partial charge on any atom is -0.493 e. The fourth-order valence-electron chi connectivity index (χ4n) is 2.35. The lowest BCUT2D eigenvalue weighted by molar-refractivity contribution is -0.384. The minimum atomic E-state index is -0.451. The Balaban J connectivity index is 1.72. The number of rotatable bonds is 6. The monoisotopic (exact) mass is 385 g/mol. The molecule has 1 aliphatic heterocycles. The average Bonchev–Trinajstić information content (AvgIpc) is 2.97. The highest BCUT2D eigenvalue weighted by Crippen LogP contribution is 2.32. The number of ether oxygens (including phenoxy) is 2. The van der Waals surface area contributed by atoms with Crippen LogP contribution in [0.2, 0.25) is 0 Å². The summed E-state index contributed by atoms with van der Waals surface area (Å²) in [4.78, 5) is 26.0. The standard InChI is InChI=1S/C18H15N3O5S/c1-25-15-8-12(9-16-17(22)20-18(19)27-16)4-7-14(15)26-10-11-2-5-13(6-3-11)21(23)24/h2-9H,10H2,1H3,(H2,19,20,22)/b16-9+. The van der Waals surface area contributed by atoms with Crippen molar-refractivity contribution in [3.63, 3.8) is 0 Å². The molecule has 0 unspecified atom stereocenters. The number of carbonyl (C=O) groups is 1. The Morgan fingerprint density at radius 3 is 2.56 bits per heavy atom. The molecule has 2 aromatic carbocycles. The molecule has 1 amide bonds. The van der Waals surface area contributed by atoms with Crippen molar-refractivity contribution in [2.75, 3.05) is 7.11 Å². The van der Waals surface area contributed by atoms with Crippen LogP contribution in [0.1, 0.15) is 11.1 Å². The molecular formula is C18H15N3O5S. The Morgan fingerprint density at radius 1 is 1.22 bits per heavy atom. The SMILES string of the molecule is COc1cc(/C=C2/SC(N)=NC2=O)ccc1OCc1ccc([N+](=O)[O-])cc1. The molecule has 0 bridgehead atoms. The van der Waals surface area contributed by atoms with Gasteiger partial charge in [0, 0.05) is 12.1 Å². The van der Waals surface area contributed by atoms with Crippen LogP contribution in [-0.4, -0.2) is 23.1 Å². The maximum Gasteiger partial charge on any atom is 0.286 e. The Hall–Kier alpha value is -3.33. The zero-order chi connectivity index (χ0) is 19.4. The normalized spacial score (nSPS) is 14.9. The van der Waals surface area contributed by atoms with Gasteiger partial charge in [0.1, 0.15) is 6.61 Å². The first-order chi connectivity index (χ1) is 13.0. The summed E-state index contributed by atoms with van der Waals surface area (Å²) < 4.78 is 11.1. The van der Waals surface area contributed by atoms with Crippen LogP contribution in [0.3, 0.4) is 0 Å². The van der Waals surface area contributed by atoms with E-state index in [2.05, 4.69) is 4.99 Å². The molecule has 27 heavy (non-hydrogen) atoms. The average molecular weight is 385 g/mol. The number of nitrogens with zero attached hydrogens (tertiary/aromatic N) is 2. The lowest BCUT2D eigenvalue weighted by atomic mass is 10.2. The first-order valence-corrected chi connectivity index (χ1v) is 8.60. The third-order valence-corrected chi connectivity index (χ3v) is 4.48. The van der Waals surface area contributed by atoms with E-state index in [0.29, 0.717) is 16.4 Å². The topological polar surface area (TPSA) is 117 Å². The molecule has 3 rings (SSSR count). The van der Waals surface area contributed by atoms with Gasteiger partial charge in [-0.15, -0.1) is 0 Å². The Morgan fingerprint density at radius 2 is 1.96 bits per heavy atom. The summed E-state index contributed by atoms with van der Waals surface area (Å²) in [6, 6.07) is 11.4. The number of benzene rings is 2. The number of thioether (sulfide) groups is 1. The molecule has 0 saturated heterocycles. The molecule has 0 aliphatic carbocycles. The third kappa shape index (κ3) is 4.45. The van der Waals surface area contributed by atoms with E-state index in [9.17, 15) is 14.9 Å². The van der Waals surface area contributed by atoms with Crippen molar-refractivity contribution in [3.8, 4) is 11.5 Å². The predicted molar refractivity (Wildman–Crippen MR) is 103 cm³/mol. The number of aliphatic imine (C=N–C) groups is 1. The highest BCUT2D eigenvalue weighted by molar-refractivity contribution is 8.18. The number of nitro groups is 1. The zero-order valence-electron chi connectivity index (χ0n) is 14.2. The van der Waals surface area contributed by atoms with Gasteiger partial charge in [0.2, 0.25) is 0 Å². The second-order valence-corrected chi connectivity index (χ2v) is 6.55. The van der Waals surface area contributed by atoms with E-state index in [1.165, 1.54) is 19.2 Å². The van der Waals surface area contributed by atoms with Gasteiger partial charge in [-0.1, -0.05) is 6.07 Å². The number of amides is 1. The van der Waals surface area contributed by atoms with Crippen LogP contribution in [0.15, 0.2) is 52.4 Å². The number of methoxy groups -OCH3 is 1. The van der Waals surface area contributed by atoms with Crippen molar-refractivity contribution >= 4 is 34.6 Å². The second-order valence-electron chi connectivity index (χ2n) is 5.49. The fourth-order valence-corrected chi connectivity index (χ4v) is 3.03. The number of amidine groups is 1. The van der Waals surface area contributed by atoms with Gasteiger partial charge in [-0.25, -0.2) is 0 Å². The molecule has 2 aromatic rings. The highest BCUT2D eigenvalue weighted by atomic mass is 32.2. The smallest absolute Gasteiger partial charge is 0.286 e. The lowest BCUT2D eigenvalue weighted by Crippen LogP contribution is -2.01. The van der Waals surface area contributed by atoms with Gasteiger partial charge >= 0.3 is 0 Å². The molecule has 1 aliphatic rings. The molecule has 2 N–H and O–H groups in total. The summed E-state index contributed by atoms with van der Waals surface area (Å²) in [5.41, 5.74) is 7.10. The molecule has 0 fully saturated rings. The van der Waals surface area contributed by atoms with Crippen molar-refractivity contribution in [3.05, 3.63) is 68.6 Å². The summed E-state index contributed by atoms with van der Waals surface area (Å²) in [5.74, 6) is 0.643. The van der Waals surface area contributed by atoms with Gasteiger partial charge < -0.3 is 15.2 Å². The van der Waals surface area contributed by atoms with Crippen molar-refractivity contribution in [1.82, 2.24) is 0 Å². The molecule has 0 radical (unpaired) electrons.